The van der Waals surface area contributed by atoms with Gasteiger partial charge in [-0.1, -0.05) is 29.5 Å². The second-order valence-electron chi connectivity index (χ2n) is 5.45. The van der Waals surface area contributed by atoms with E-state index in [1.54, 1.807) is 24.5 Å². The molecule has 2 heterocycles. The van der Waals surface area contributed by atoms with Crippen LogP contribution in [0.3, 0.4) is 0 Å². The molecule has 6 heteroatoms. The van der Waals surface area contributed by atoms with Crippen molar-refractivity contribution in [2.45, 2.75) is 6.54 Å². The zero-order valence-electron chi connectivity index (χ0n) is 13.1. The third kappa shape index (κ3) is 3.16. The largest absolute Gasteiger partial charge is 0.467 e. The summed E-state index contributed by atoms with van der Waals surface area (Å²) in [6, 6.07) is 16.9. The highest BCUT2D eigenvalue weighted by Gasteiger charge is 2.23. The number of hydrogen-bond donors (Lipinski definition) is 0. The van der Waals surface area contributed by atoms with Gasteiger partial charge >= 0.3 is 0 Å². The fourth-order valence-electron chi connectivity index (χ4n) is 2.54. The number of nitrogens with zero attached hydrogens (tertiary/aromatic N) is 2. The summed E-state index contributed by atoms with van der Waals surface area (Å²) in [7, 11) is 0. The average molecular weight is 352 g/mol. The number of aromatic nitrogens is 1. The van der Waals surface area contributed by atoms with E-state index >= 15 is 0 Å². The minimum absolute atomic E-state index is 0.224. The number of hydrogen-bond acceptors (Lipinski definition) is 4. The molecule has 124 valence electrons. The van der Waals surface area contributed by atoms with Gasteiger partial charge in [0.1, 0.15) is 11.6 Å². The number of carbonyl (C=O) groups is 1. The van der Waals surface area contributed by atoms with Crippen LogP contribution in [0.25, 0.3) is 10.2 Å². The van der Waals surface area contributed by atoms with Crippen molar-refractivity contribution < 1.29 is 13.6 Å². The molecule has 2 aromatic carbocycles. The van der Waals surface area contributed by atoms with E-state index in [2.05, 4.69) is 4.98 Å². The van der Waals surface area contributed by atoms with Crippen molar-refractivity contribution in [3.8, 4) is 0 Å². The molecule has 2 aromatic heterocycles. The van der Waals surface area contributed by atoms with Crippen LogP contribution in [0, 0.1) is 5.82 Å². The molecule has 0 radical (unpaired) electrons. The van der Waals surface area contributed by atoms with Crippen molar-refractivity contribution in [1.29, 1.82) is 0 Å². The van der Waals surface area contributed by atoms with E-state index in [-0.39, 0.29) is 18.0 Å². The van der Waals surface area contributed by atoms with E-state index in [9.17, 15) is 9.18 Å². The molecular formula is C19H13FN2O2S. The number of amides is 1. The summed E-state index contributed by atoms with van der Waals surface area (Å²) < 4.78 is 19.9. The summed E-state index contributed by atoms with van der Waals surface area (Å²) in [5, 5.41) is 0.548. The van der Waals surface area contributed by atoms with Crippen molar-refractivity contribution in [3.63, 3.8) is 0 Å². The normalized spacial score (nSPS) is 10.9. The van der Waals surface area contributed by atoms with E-state index in [1.807, 2.05) is 24.3 Å². The summed E-state index contributed by atoms with van der Waals surface area (Å²) in [4.78, 5) is 19.0. The first-order valence-corrected chi connectivity index (χ1v) is 8.48. The third-order valence-electron chi connectivity index (χ3n) is 3.72. The maximum atomic E-state index is 13.5. The Morgan fingerprint density at radius 1 is 1.12 bits per heavy atom. The molecule has 0 fully saturated rings. The van der Waals surface area contributed by atoms with Crippen LogP contribution in [0.1, 0.15) is 16.1 Å². The highest BCUT2D eigenvalue weighted by atomic mass is 32.1. The van der Waals surface area contributed by atoms with Gasteiger partial charge in [-0.05, 0) is 42.5 Å². The minimum Gasteiger partial charge on any atom is -0.467 e. The van der Waals surface area contributed by atoms with Crippen LogP contribution in [-0.4, -0.2) is 10.9 Å². The number of fused-ring (bicyclic) bond motifs is 1. The van der Waals surface area contributed by atoms with Crippen molar-refractivity contribution in [3.05, 3.63) is 84.1 Å². The molecule has 0 aliphatic carbocycles. The predicted molar refractivity (Wildman–Crippen MR) is 95.2 cm³/mol. The van der Waals surface area contributed by atoms with Crippen LogP contribution in [0.2, 0.25) is 0 Å². The number of rotatable bonds is 4. The van der Waals surface area contributed by atoms with E-state index in [0.29, 0.717) is 10.9 Å². The lowest BCUT2D eigenvalue weighted by Gasteiger charge is -2.18. The van der Waals surface area contributed by atoms with Crippen molar-refractivity contribution in [2.75, 3.05) is 4.90 Å². The molecule has 0 aliphatic heterocycles. The molecule has 0 spiro atoms. The topological polar surface area (TPSA) is 46.3 Å². The zero-order valence-corrected chi connectivity index (χ0v) is 13.9. The molecule has 1 amide bonds. The Morgan fingerprint density at radius 2 is 2.00 bits per heavy atom. The molecule has 0 aliphatic rings. The van der Waals surface area contributed by atoms with Gasteiger partial charge in [-0.25, -0.2) is 9.37 Å². The monoisotopic (exact) mass is 352 g/mol. The standard InChI is InChI=1S/C19H13FN2O2S/c20-14-6-3-5-13(11-14)18(23)22(12-15-7-4-10-24-15)19-21-16-8-1-2-9-17(16)25-19/h1-11H,12H2. The minimum atomic E-state index is -0.451. The van der Waals surface area contributed by atoms with Crippen LogP contribution in [0.5, 0.6) is 0 Å². The van der Waals surface area contributed by atoms with Gasteiger partial charge in [-0.2, -0.15) is 0 Å². The molecule has 25 heavy (non-hydrogen) atoms. The quantitative estimate of drug-likeness (QED) is 0.526. The van der Waals surface area contributed by atoms with Crippen LogP contribution >= 0.6 is 11.3 Å². The molecule has 0 saturated heterocycles. The molecule has 0 saturated carbocycles. The van der Waals surface area contributed by atoms with Crippen LogP contribution in [0.15, 0.2) is 71.3 Å². The van der Waals surface area contributed by atoms with Crippen LogP contribution in [-0.2, 0) is 6.54 Å². The van der Waals surface area contributed by atoms with Gasteiger partial charge in [0.2, 0.25) is 0 Å². The highest BCUT2D eigenvalue weighted by Crippen LogP contribution is 2.30. The Hall–Kier alpha value is -2.99. The maximum Gasteiger partial charge on any atom is 0.260 e. The van der Waals surface area contributed by atoms with Gasteiger partial charge in [-0.15, -0.1) is 0 Å². The van der Waals surface area contributed by atoms with Gasteiger partial charge in [0.15, 0.2) is 5.13 Å². The Morgan fingerprint density at radius 3 is 2.76 bits per heavy atom. The van der Waals surface area contributed by atoms with Crippen molar-refractivity contribution in [2.24, 2.45) is 0 Å². The second kappa shape index (κ2) is 6.49. The summed E-state index contributed by atoms with van der Waals surface area (Å²) in [6.45, 7) is 0.224. The number of halogens is 1. The van der Waals surface area contributed by atoms with Gasteiger partial charge in [0.05, 0.1) is 23.0 Å². The number of carbonyl (C=O) groups excluding carboxylic acids is 1. The summed E-state index contributed by atoms with van der Waals surface area (Å²) >= 11 is 1.41. The summed E-state index contributed by atoms with van der Waals surface area (Å²) in [5.41, 5.74) is 1.09. The molecule has 0 bridgehead atoms. The number of para-hydroxylation sites is 1. The fourth-order valence-corrected chi connectivity index (χ4v) is 3.50. The first-order chi connectivity index (χ1) is 12.2. The highest BCUT2D eigenvalue weighted by molar-refractivity contribution is 7.22. The lowest BCUT2D eigenvalue weighted by Crippen LogP contribution is -2.30. The molecular weight excluding hydrogens is 339 g/mol. The summed E-state index contributed by atoms with van der Waals surface area (Å²) in [6.07, 6.45) is 1.55. The zero-order chi connectivity index (χ0) is 17.2. The van der Waals surface area contributed by atoms with Crippen molar-refractivity contribution in [1.82, 2.24) is 4.98 Å². The van der Waals surface area contributed by atoms with E-state index < -0.39 is 5.82 Å². The lowest BCUT2D eigenvalue weighted by molar-refractivity contribution is 0.0983. The Labute approximate surface area is 147 Å². The predicted octanol–water partition coefficient (Wildman–Crippen LogP) is 4.88. The molecule has 0 N–H and O–H groups in total. The smallest absolute Gasteiger partial charge is 0.260 e. The van der Waals surface area contributed by atoms with Crippen LogP contribution in [0.4, 0.5) is 9.52 Å². The Balaban J connectivity index is 1.76. The molecule has 0 unspecified atom stereocenters. The summed E-state index contributed by atoms with van der Waals surface area (Å²) in [5.74, 6) is -0.146. The lowest BCUT2D eigenvalue weighted by atomic mass is 10.2. The molecule has 4 nitrogen and oxygen atoms in total. The van der Waals surface area contributed by atoms with Gasteiger partial charge in [0, 0.05) is 5.56 Å². The van der Waals surface area contributed by atoms with Gasteiger partial charge in [-0.3, -0.25) is 9.69 Å². The third-order valence-corrected chi connectivity index (χ3v) is 4.78. The Kier molecular flexibility index (Phi) is 4.03. The molecule has 4 aromatic rings. The fraction of sp³-hybridized carbons (Fsp3) is 0.0526. The van der Waals surface area contributed by atoms with Crippen molar-refractivity contribution >= 4 is 32.6 Å². The van der Waals surface area contributed by atoms with E-state index in [0.717, 1.165) is 10.2 Å². The number of thiazole rings is 1. The number of benzene rings is 2. The number of anilines is 1. The SMILES string of the molecule is O=C(c1cccc(F)c1)N(Cc1ccco1)c1nc2ccccc2s1. The molecule has 4 rings (SSSR count). The average Bonchev–Trinajstić information content (AvgIpc) is 3.28. The Bertz CT molecular complexity index is 994. The van der Waals surface area contributed by atoms with Gasteiger partial charge in [0.25, 0.3) is 5.91 Å². The molecule has 0 atom stereocenters. The first-order valence-electron chi connectivity index (χ1n) is 7.66. The van der Waals surface area contributed by atoms with Crippen LogP contribution < -0.4 is 4.90 Å². The van der Waals surface area contributed by atoms with E-state index in [4.69, 9.17) is 4.42 Å². The first kappa shape index (κ1) is 15.5. The number of furan rings is 1. The van der Waals surface area contributed by atoms with Gasteiger partial charge < -0.3 is 4.42 Å². The second-order valence-corrected chi connectivity index (χ2v) is 6.45. The maximum absolute atomic E-state index is 13.5. The van der Waals surface area contributed by atoms with E-state index in [1.165, 1.54) is 34.4 Å².